The third-order valence-corrected chi connectivity index (χ3v) is 3.25. The van der Waals surface area contributed by atoms with E-state index in [-0.39, 0.29) is 0 Å². The highest BCUT2D eigenvalue weighted by Crippen LogP contribution is 2.22. The fraction of sp³-hybridized carbons (Fsp3) is 0.143. The van der Waals surface area contributed by atoms with Gasteiger partial charge >= 0.3 is 0 Å². The molecule has 7 nitrogen and oxygen atoms in total. The monoisotopic (exact) mass is 367 g/mol. The first-order chi connectivity index (χ1) is 10.5. The molecule has 2 aromatic rings. The summed E-state index contributed by atoms with van der Waals surface area (Å²) in [7, 11) is 2.97. The molecular weight excluding hydrogens is 354 g/mol. The zero-order valence-corrected chi connectivity index (χ0v) is 13.5. The van der Waals surface area contributed by atoms with E-state index in [1.165, 1.54) is 26.4 Å². The minimum atomic E-state index is -0.490. The Hall–Kier alpha value is -2.48. The van der Waals surface area contributed by atoms with Crippen LogP contribution < -0.4 is 20.3 Å². The molecule has 2 rings (SSSR count). The maximum absolute atomic E-state index is 12.1. The lowest BCUT2D eigenvalue weighted by molar-refractivity contribution is 0.0844. The van der Waals surface area contributed by atoms with E-state index in [0.717, 1.165) is 4.47 Å². The molecule has 8 heteroatoms. The minimum absolute atomic E-state index is 0.296. The Bertz CT molecular complexity index is 677. The van der Waals surface area contributed by atoms with Crippen LogP contribution in [-0.2, 0) is 0 Å². The molecule has 0 bridgehead atoms. The Morgan fingerprint density at radius 3 is 2.09 bits per heavy atom. The molecule has 0 unspecified atom stereocenters. The van der Waals surface area contributed by atoms with Gasteiger partial charge in [-0.1, -0.05) is 0 Å². The molecule has 0 radical (unpaired) electrons. The van der Waals surface area contributed by atoms with Crippen molar-refractivity contribution in [3.63, 3.8) is 0 Å². The lowest BCUT2D eigenvalue weighted by atomic mass is 10.2. The average Bonchev–Trinajstić information content (AvgIpc) is 2.98. The minimum Gasteiger partial charge on any atom is -0.497 e. The number of aromatic nitrogens is 1. The Labute approximate surface area is 135 Å². The molecule has 2 amide bonds. The summed E-state index contributed by atoms with van der Waals surface area (Å²) in [5, 5.41) is 0. The molecule has 0 atom stereocenters. The number of hydrogen-bond donors (Lipinski definition) is 3. The number of nitrogens with one attached hydrogen (secondary N) is 3. The second kappa shape index (κ2) is 6.99. The molecule has 3 N–H and O–H groups in total. The van der Waals surface area contributed by atoms with E-state index in [9.17, 15) is 9.59 Å². The highest BCUT2D eigenvalue weighted by Gasteiger charge is 2.12. The molecule has 0 aliphatic carbocycles. The van der Waals surface area contributed by atoms with Crippen molar-refractivity contribution >= 4 is 27.7 Å². The topological polar surface area (TPSA) is 92.4 Å². The maximum Gasteiger partial charge on any atom is 0.286 e. The number of hydrazine groups is 1. The number of benzene rings is 1. The zero-order chi connectivity index (χ0) is 16.1. The zero-order valence-electron chi connectivity index (χ0n) is 11.9. The summed E-state index contributed by atoms with van der Waals surface area (Å²) in [4.78, 5) is 26.6. The van der Waals surface area contributed by atoms with Gasteiger partial charge < -0.3 is 14.5 Å². The number of halogens is 1. The van der Waals surface area contributed by atoms with Gasteiger partial charge in [0.15, 0.2) is 0 Å². The standard InChI is InChI=1S/C14H14BrN3O4/c1-21-10-3-8(4-11(6-10)22-2)13(19)17-18-14(20)12-5-9(15)7-16-12/h3-7,16H,1-2H3,(H,17,19)(H,18,20). The van der Waals surface area contributed by atoms with Crippen LogP contribution in [0.25, 0.3) is 0 Å². The van der Waals surface area contributed by atoms with Crippen LogP contribution in [0, 0.1) is 0 Å². The smallest absolute Gasteiger partial charge is 0.286 e. The summed E-state index contributed by atoms with van der Waals surface area (Å²) < 4.78 is 10.9. The van der Waals surface area contributed by atoms with Crippen LogP contribution in [0.15, 0.2) is 34.9 Å². The number of carbonyl (C=O) groups excluding carboxylic acids is 2. The Morgan fingerprint density at radius 2 is 1.59 bits per heavy atom. The van der Waals surface area contributed by atoms with Gasteiger partial charge in [0.1, 0.15) is 17.2 Å². The van der Waals surface area contributed by atoms with Crippen molar-refractivity contribution in [2.24, 2.45) is 0 Å². The van der Waals surface area contributed by atoms with Gasteiger partial charge in [0.05, 0.1) is 14.2 Å². The molecule has 22 heavy (non-hydrogen) atoms. The highest BCUT2D eigenvalue weighted by atomic mass is 79.9. The molecule has 0 saturated heterocycles. The summed E-state index contributed by atoms with van der Waals surface area (Å²) >= 11 is 3.22. The number of ether oxygens (including phenoxy) is 2. The normalized spacial score (nSPS) is 9.95. The van der Waals surface area contributed by atoms with Crippen molar-refractivity contribution in [2.45, 2.75) is 0 Å². The van der Waals surface area contributed by atoms with Crippen LogP contribution in [0.4, 0.5) is 0 Å². The number of rotatable bonds is 4. The summed E-state index contributed by atoms with van der Waals surface area (Å²) in [6.07, 6.45) is 1.61. The van der Waals surface area contributed by atoms with Gasteiger partial charge in [0, 0.05) is 22.3 Å². The predicted octanol–water partition coefficient (Wildman–Crippen LogP) is 1.87. The number of hydrogen-bond acceptors (Lipinski definition) is 4. The Balaban J connectivity index is 2.04. The van der Waals surface area contributed by atoms with Gasteiger partial charge in [-0.15, -0.1) is 0 Å². The molecule has 0 spiro atoms. The molecule has 1 aromatic carbocycles. The second-order valence-corrected chi connectivity index (χ2v) is 5.16. The third-order valence-electron chi connectivity index (χ3n) is 2.80. The first-order valence-electron chi connectivity index (χ1n) is 6.21. The molecular formula is C14H14BrN3O4. The van der Waals surface area contributed by atoms with E-state index in [2.05, 4.69) is 31.8 Å². The van der Waals surface area contributed by atoms with Gasteiger partial charge in [-0.2, -0.15) is 0 Å². The molecule has 1 heterocycles. The quantitative estimate of drug-likeness (QED) is 0.719. The first kappa shape index (κ1) is 15.9. The molecule has 0 aliphatic rings. The largest absolute Gasteiger partial charge is 0.497 e. The Kier molecular flexibility index (Phi) is 5.05. The van der Waals surface area contributed by atoms with Crippen molar-refractivity contribution in [2.75, 3.05) is 14.2 Å². The predicted molar refractivity (Wildman–Crippen MR) is 83.0 cm³/mol. The lowest BCUT2D eigenvalue weighted by Crippen LogP contribution is -2.41. The fourth-order valence-electron chi connectivity index (χ4n) is 1.69. The van der Waals surface area contributed by atoms with Crippen molar-refractivity contribution in [3.8, 4) is 11.5 Å². The molecule has 1 aromatic heterocycles. The van der Waals surface area contributed by atoms with Crippen LogP contribution in [-0.4, -0.2) is 31.0 Å². The van der Waals surface area contributed by atoms with E-state index >= 15 is 0 Å². The van der Waals surface area contributed by atoms with E-state index in [4.69, 9.17) is 9.47 Å². The number of carbonyl (C=O) groups is 2. The number of methoxy groups -OCH3 is 2. The third kappa shape index (κ3) is 3.79. The van der Waals surface area contributed by atoms with Crippen LogP contribution >= 0.6 is 15.9 Å². The summed E-state index contributed by atoms with van der Waals surface area (Å²) in [5.41, 5.74) is 5.25. The van der Waals surface area contributed by atoms with E-state index in [1.54, 1.807) is 18.3 Å². The van der Waals surface area contributed by atoms with Crippen LogP contribution in [0.2, 0.25) is 0 Å². The first-order valence-corrected chi connectivity index (χ1v) is 7.00. The second-order valence-electron chi connectivity index (χ2n) is 4.24. The molecule has 116 valence electrons. The average molecular weight is 368 g/mol. The SMILES string of the molecule is COc1cc(OC)cc(C(=O)NNC(=O)c2cc(Br)c[nH]2)c1. The van der Waals surface area contributed by atoms with E-state index in [1.807, 2.05) is 0 Å². The number of H-pyrrole nitrogens is 1. The Morgan fingerprint density at radius 1 is 1.00 bits per heavy atom. The van der Waals surface area contributed by atoms with Crippen molar-refractivity contribution in [1.82, 2.24) is 15.8 Å². The fourth-order valence-corrected chi connectivity index (χ4v) is 2.03. The van der Waals surface area contributed by atoms with Gasteiger partial charge in [0.25, 0.3) is 11.8 Å². The molecule has 0 fully saturated rings. The van der Waals surface area contributed by atoms with Crippen LogP contribution in [0.5, 0.6) is 11.5 Å². The summed E-state index contributed by atoms with van der Waals surface area (Å²) in [5.74, 6) is -0.00154. The number of aromatic amines is 1. The van der Waals surface area contributed by atoms with Crippen LogP contribution in [0.1, 0.15) is 20.8 Å². The van der Waals surface area contributed by atoms with Crippen molar-refractivity contribution in [1.29, 1.82) is 0 Å². The van der Waals surface area contributed by atoms with E-state index in [0.29, 0.717) is 22.8 Å². The van der Waals surface area contributed by atoms with Gasteiger partial charge in [-0.25, -0.2) is 0 Å². The van der Waals surface area contributed by atoms with Crippen molar-refractivity contribution in [3.05, 3.63) is 46.2 Å². The maximum atomic E-state index is 12.1. The van der Waals surface area contributed by atoms with Crippen LogP contribution in [0.3, 0.4) is 0 Å². The summed E-state index contributed by atoms with van der Waals surface area (Å²) in [6, 6.07) is 6.31. The molecule has 0 saturated carbocycles. The summed E-state index contributed by atoms with van der Waals surface area (Å²) in [6.45, 7) is 0. The lowest BCUT2D eigenvalue weighted by Gasteiger charge is -2.09. The van der Waals surface area contributed by atoms with Crippen molar-refractivity contribution < 1.29 is 19.1 Å². The number of amides is 2. The highest BCUT2D eigenvalue weighted by molar-refractivity contribution is 9.10. The molecule has 0 aliphatic heterocycles. The van der Waals surface area contributed by atoms with Gasteiger partial charge in [-0.05, 0) is 34.1 Å². The van der Waals surface area contributed by atoms with Gasteiger partial charge in [0.2, 0.25) is 0 Å². The van der Waals surface area contributed by atoms with Gasteiger partial charge in [-0.3, -0.25) is 20.4 Å². The van der Waals surface area contributed by atoms with E-state index < -0.39 is 11.8 Å².